The molecule has 0 bridgehead atoms. The number of hydrogen-bond acceptors (Lipinski definition) is 4. The molecule has 2 heterocycles. The summed E-state index contributed by atoms with van der Waals surface area (Å²) in [5.41, 5.74) is -2.11. The first-order valence-corrected chi connectivity index (χ1v) is 14.9. The average Bonchev–Trinajstić information content (AvgIpc) is 3.66. The number of anilines is 1. The van der Waals surface area contributed by atoms with E-state index in [-0.39, 0.29) is 36.8 Å². The van der Waals surface area contributed by atoms with E-state index in [4.69, 9.17) is 0 Å². The number of carbonyl (C=O) groups is 3. The Morgan fingerprint density at radius 3 is 1.96 bits per heavy atom. The van der Waals surface area contributed by atoms with E-state index in [0.717, 1.165) is 17.6 Å². The molecule has 2 fully saturated rings. The quantitative estimate of drug-likeness (QED) is 0.355. The molecule has 2 atom stereocenters. The molecule has 2 aromatic rings. The molecular formula is C32H33F7N4O3. The van der Waals surface area contributed by atoms with Crippen molar-refractivity contribution >= 4 is 23.4 Å². The maximum atomic E-state index is 13.8. The minimum Gasteiger partial charge on any atom is -0.375 e. The van der Waals surface area contributed by atoms with Gasteiger partial charge in [-0.2, -0.15) is 26.3 Å². The van der Waals surface area contributed by atoms with Crippen LogP contribution in [0.4, 0.5) is 41.2 Å². The fraction of sp³-hybridized carbons (Fsp3) is 0.469. The van der Waals surface area contributed by atoms with Gasteiger partial charge in [-0.1, -0.05) is 12.1 Å². The third-order valence-electron chi connectivity index (χ3n) is 9.15. The van der Waals surface area contributed by atoms with E-state index < -0.39 is 53.0 Å². The molecular weight excluding hydrogens is 621 g/mol. The molecule has 0 N–H and O–H groups in total. The van der Waals surface area contributed by atoms with Gasteiger partial charge in [-0.25, -0.2) is 9.18 Å². The number of ketones is 1. The molecule has 0 aromatic heterocycles. The van der Waals surface area contributed by atoms with E-state index in [2.05, 4.69) is 4.90 Å². The van der Waals surface area contributed by atoms with Gasteiger partial charge in [0.05, 0.1) is 17.2 Å². The Morgan fingerprint density at radius 2 is 1.43 bits per heavy atom. The van der Waals surface area contributed by atoms with Crippen LogP contribution in [-0.4, -0.2) is 78.7 Å². The van der Waals surface area contributed by atoms with Gasteiger partial charge in [-0.3, -0.25) is 14.5 Å². The Hall–Kier alpha value is -4.10. The number of rotatable bonds is 5. The van der Waals surface area contributed by atoms with E-state index in [9.17, 15) is 45.1 Å². The Bertz CT molecular complexity index is 1480. The number of allylic oxidation sites excluding steroid dienone is 2. The molecule has 0 radical (unpaired) electrons. The first-order chi connectivity index (χ1) is 21.5. The number of urea groups is 1. The van der Waals surface area contributed by atoms with Crippen molar-refractivity contribution in [1.29, 1.82) is 0 Å². The van der Waals surface area contributed by atoms with Gasteiger partial charge >= 0.3 is 18.4 Å². The standard InChI is InChI=1S/C32H33F7N4O3/c1-40(25-14-21(31(34,35)36)13-22(15-25)32(37,38)39)30(46)41(2)28-18-43(17-27(28)19-3-5-23(33)6-4-19)29(45)20-9-11-42(12-10-20)24-7-8-26(44)16-24/h3-6,13-16,20,27-28H,7-12,17-18H2,1-2H3/t27-,28+/m0/s1. The summed E-state index contributed by atoms with van der Waals surface area (Å²) in [6.45, 7) is 1.45. The maximum Gasteiger partial charge on any atom is 0.416 e. The number of likely N-dealkylation sites (N-methyl/N-ethyl adjacent to an activating group) is 1. The van der Waals surface area contributed by atoms with Gasteiger partial charge in [0, 0.05) is 76.0 Å². The second-order valence-corrected chi connectivity index (χ2v) is 12.0. The lowest BCUT2D eigenvalue weighted by molar-refractivity contribution is -0.143. The number of benzene rings is 2. The minimum atomic E-state index is -5.09. The molecule has 14 heteroatoms. The number of nitrogens with zero attached hydrogens (tertiary/aromatic N) is 4. The van der Waals surface area contributed by atoms with Crippen molar-refractivity contribution < 1.29 is 45.1 Å². The molecule has 3 aliphatic rings. The monoisotopic (exact) mass is 654 g/mol. The third-order valence-corrected chi connectivity index (χ3v) is 9.15. The highest BCUT2D eigenvalue weighted by Gasteiger charge is 2.43. The third kappa shape index (κ3) is 7.00. The highest BCUT2D eigenvalue weighted by molar-refractivity contribution is 5.93. The van der Waals surface area contributed by atoms with E-state index in [1.54, 1.807) is 11.0 Å². The van der Waals surface area contributed by atoms with Gasteiger partial charge in [0.25, 0.3) is 0 Å². The Kier molecular flexibility index (Phi) is 9.11. The van der Waals surface area contributed by atoms with Gasteiger partial charge in [-0.05, 0) is 55.2 Å². The van der Waals surface area contributed by atoms with Gasteiger partial charge in [0.15, 0.2) is 5.78 Å². The van der Waals surface area contributed by atoms with Crippen molar-refractivity contribution in [2.75, 3.05) is 45.2 Å². The van der Waals surface area contributed by atoms with Crippen LogP contribution in [0.3, 0.4) is 0 Å². The predicted molar refractivity (Wildman–Crippen MR) is 154 cm³/mol. The van der Waals surface area contributed by atoms with Crippen molar-refractivity contribution in [3.8, 4) is 0 Å². The largest absolute Gasteiger partial charge is 0.416 e. The van der Waals surface area contributed by atoms with Gasteiger partial charge < -0.3 is 14.7 Å². The van der Waals surface area contributed by atoms with Crippen LogP contribution in [0.1, 0.15) is 48.3 Å². The molecule has 2 saturated heterocycles. The predicted octanol–water partition coefficient (Wildman–Crippen LogP) is 6.30. The fourth-order valence-electron chi connectivity index (χ4n) is 6.52. The van der Waals surface area contributed by atoms with Crippen molar-refractivity contribution in [2.45, 2.75) is 50.0 Å². The summed E-state index contributed by atoms with van der Waals surface area (Å²) in [5, 5.41) is 0. The zero-order valence-electron chi connectivity index (χ0n) is 25.2. The molecule has 0 saturated carbocycles. The molecule has 0 unspecified atom stereocenters. The summed E-state index contributed by atoms with van der Waals surface area (Å²) >= 11 is 0. The lowest BCUT2D eigenvalue weighted by Crippen LogP contribution is -2.48. The number of amides is 3. The second-order valence-electron chi connectivity index (χ2n) is 12.0. The van der Waals surface area contributed by atoms with Crippen LogP contribution >= 0.6 is 0 Å². The summed E-state index contributed by atoms with van der Waals surface area (Å²) in [5.74, 6) is -1.36. The molecule has 46 heavy (non-hydrogen) atoms. The van der Waals surface area contributed by atoms with E-state index in [1.807, 2.05) is 0 Å². The highest BCUT2D eigenvalue weighted by Crippen LogP contribution is 2.39. The van der Waals surface area contributed by atoms with Crippen LogP contribution in [0.2, 0.25) is 0 Å². The van der Waals surface area contributed by atoms with Crippen molar-refractivity contribution in [1.82, 2.24) is 14.7 Å². The normalized spacial score (nSPS) is 21.1. The van der Waals surface area contributed by atoms with E-state index >= 15 is 0 Å². The van der Waals surface area contributed by atoms with Crippen molar-refractivity contribution in [2.24, 2.45) is 5.92 Å². The molecule has 1 aliphatic carbocycles. The van der Waals surface area contributed by atoms with Gasteiger partial charge in [-0.15, -0.1) is 0 Å². The van der Waals surface area contributed by atoms with Crippen molar-refractivity contribution in [3.63, 3.8) is 0 Å². The average molecular weight is 655 g/mol. The number of piperidine rings is 1. The minimum absolute atomic E-state index is 0.00867. The van der Waals surface area contributed by atoms with Crippen LogP contribution in [0.15, 0.2) is 54.2 Å². The maximum absolute atomic E-state index is 13.8. The number of likely N-dealkylation sites (tertiary alicyclic amines) is 2. The van der Waals surface area contributed by atoms with Crippen LogP contribution in [0, 0.1) is 11.7 Å². The smallest absolute Gasteiger partial charge is 0.375 e. The summed E-state index contributed by atoms with van der Waals surface area (Å²) in [7, 11) is 2.46. The molecule has 3 amide bonds. The molecule has 7 nitrogen and oxygen atoms in total. The number of halogens is 7. The fourth-order valence-corrected chi connectivity index (χ4v) is 6.52. The second kappa shape index (κ2) is 12.6. The summed E-state index contributed by atoms with van der Waals surface area (Å²) in [6, 6.07) is 4.89. The highest BCUT2D eigenvalue weighted by atomic mass is 19.4. The summed E-state index contributed by atoms with van der Waals surface area (Å²) in [4.78, 5) is 44.7. The van der Waals surface area contributed by atoms with Crippen LogP contribution in [-0.2, 0) is 21.9 Å². The lowest BCUT2D eigenvalue weighted by atomic mass is 9.93. The molecule has 0 spiro atoms. The molecule has 5 rings (SSSR count). The first kappa shape index (κ1) is 33.3. The number of alkyl halides is 6. The first-order valence-electron chi connectivity index (χ1n) is 14.9. The van der Waals surface area contributed by atoms with Gasteiger partial charge in [0.2, 0.25) is 5.91 Å². The number of hydrogen-bond donors (Lipinski definition) is 0. The SMILES string of the molecule is CN(C(=O)N(C)[C@@H]1CN(C(=O)C2CCN(C3=CC(=O)CC3)CC2)C[C@H]1c1ccc(F)cc1)c1cc(C(F)(F)F)cc(C(F)(F)F)c1. The summed E-state index contributed by atoms with van der Waals surface area (Å²) in [6.07, 6.45) is -6.26. The van der Waals surface area contributed by atoms with Crippen LogP contribution < -0.4 is 4.90 Å². The van der Waals surface area contributed by atoms with Crippen molar-refractivity contribution in [3.05, 3.63) is 76.7 Å². The topological polar surface area (TPSA) is 64.2 Å². The Labute approximate surface area is 261 Å². The molecule has 2 aliphatic heterocycles. The Morgan fingerprint density at radius 1 is 0.848 bits per heavy atom. The Balaban J connectivity index is 1.36. The lowest BCUT2D eigenvalue weighted by Gasteiger charge is -2.35. The zero-order chi connectivity index (χ0) is 33.6. The molecule has 248 valence electrons. The zero-order valence-corrected chi connectivity index (χ0v) is 25.2. The molecule has 2 aromatic carbocycles. The van der Waals surface area contributed by atoms with Crippen LogP contribution in [0.5, 0.6) is 0 Å². The van der Waals surface area contributed by atoms with Crippen LogP contribution in [0.25, 0.3) is 0 Å². The van der Waals surface area contributed by atoms with E-state index in [0.29, 0.717) is 56.5 Å². The number of carbonyl (C=O) groups excluding carboxylic acids is 3. The van der Waals surface area contributed by atoms with E-state index in [1.165, 1.54) is 36.2 Å². The van der Waals surface area contributed by atoms with Gasteiger partial charge in [0.1, 0.15) is 5.82 Å². The summed E-state index contributed by atoms with van der Waals surface area (Å²) < 4.78 is 94.7.